The van der Waals surface area contributed by atoms with Crippen molar-refractivity contribution < 1.29 is 19.1 Å². The van der Waals surface area contributed by atoms with Gasteiger partial charge < -0.3 is 14.8 Å². The number of ether oxygens (including phenoxy) is 2. The maximum atomic E-state index is 12.3. The van der Waals surface area contributed by atoms with E-state index in [0.29, 0.717) is 23.7 Å². The average molecular weight is 342 g/mol. The predicted molar refractivity (Wildman–Crippen MR) is 95.9 cm³/mol. The van der Waals surface area contributed by atoms with E-state index in [1.807, 2.05) is 30.3 Å². The number of hydrogen-bond acceptors (Lipinski definition) is 4. The van der Waals surface area contributed by atoms with Gasteiger partial charge >= 0.3 is 0 Å². The molecule has 0 fully saturated rings. The molecule has 0 unspecified atom stereocenters. The summed E-state index contributed by atoms with van der Waals surface area (Å²) >= 11 is 0. The molecule has 25 heavy (non-hydrogen) atoms. The van der Waals surface area contributed by atoms with Gasteiger partial charge in [-0.25, -0.2) is 0 Å². The van der Waals surface area contributed by atoms with E-state index < -0.39 is 0 Å². The van der Waals surface area contributed by atoms with E-state index in [0.717, 1.165) is 5.56 Å². The van der Waals surface area contributed by atoms with Crippen molar-refractivity contribution >= 4 is 17.5 Å². The zero-order valence-corrected chi connectivity index (χ0v) is 14.6. The third-order valence-corrected chi connectivity index (χ3v) is 3.73. The minimum absolute atomic E-state index is 0.0924. The fourth-order valence-electron chi connectivity index (χ4n) is 2.46. The van der Waals surface area contributed by atoms with Gasteiger partial charge in [-0.05, 0) is 18.2 Å². The number of benzene rings is 2. The van der Waals surface area contributed by atoms with Crippen molar-refractivity contribution in [1.82, 2.24) is 5.32 Å². The van der Waals surface area contributed by atoms with Crippen molar-refractivity contribution in [3.8, 4) is 11.5 Å². The minimum atomic E-state index is -0.271. The molecule has 0 aliphatic rings. The fraction of sp³-hybridized carbons (Fsp3) is 0.263. The highest BCUT2D eigenvalue weighted by molar-refractivity contribution is 5.98. The Labute approximate surface area is 147 Å². The first-order valence-electron chi connectivity index (χ1n) is 7.86. The van der Waals surface area contributed by atoms with Crippen LogP contribution < -0.4 is 19.7 Å². The second-order valence-corrected chi connectivity index (χ2v) is 5.37. The van der Waals surface area contributed by atoms with Crippen LogP contribution in [-0.2, 0) is 16.1 Å². The van der Waals surface area contributed by atoms with Gasteiger partial charge in [-0.2, -0.15) is 0 Å². The molecule has 0 bridgehead atoms. The van der Waals surface area contributed by atoms with Crippen molar-refractivity contribution in [1.29, 1.82) is 0 Å². The molecular weight excluding hydrogens is 320 g/mol. The molecule has 0 aromatic heterocycles. The lowest BCUT2D eigenvalue weighted by Crippen LogP contribution is -2.39. The van der Waals surface area contributed by atoms with Gasteiger partial charge in [-0.3, -0.25) is 14.5 Å². The Bertz CT molecular complexity index is 746. The molecule has 0 aliphatic heterocycles. The highest BCUT2D eigenvalue weighted by Gasteiger charge is 2.19. The highest BCUT2D eigenvalue weighted by atomic mass is 16.5. The third-order valence-electron chi connectivity index (χ3n) is 3.73. The van der Waals surface area contributed by atoms with Gasteiger partial charge in [0.1, 0.15) is 18.0 Å². The van der Waals surface area contributed by atoms with Gasteiger partial charge in [0, 0.05) is 19.0 Å². The Morgan fingerprint density at radius 3 is 2.20 bits per heavy atom. The van der Waals surface area contributed by atoms with E-state index in [1.165, 1.54) is 18.9 Å². The summed E-state index contributed by atoms with van der Waals surface area (Å²) < 4.78 is 10.5. The van der Waals surface area contributed by atoms with E-state index >= 15 is 0 Å². The maximum absolute atomic E-state index is 12.3. The van der Waals surface area contributed by atoms with Gasteiger partial charge in [-0.1, -0.05) is 30.3 Å². The second-order valence-electron chi connectivity index (χ2n) is 5.37. The van der Waals surface area contributed by atoms with Crippen molar-refractivity contribution in [2.75, 3.05) is 25.7 Å². The molecule has 0 atom stereocenters. The zero-order valence-electron chi connectivity index (χ0n) is 14.6. The molecule has 132 valence electrons. The molecule has 0 saturated heterocycles. The summed E-state index contributed by atoms with van der Waals surface area (Å²) in [5.74, 6) is 0.732. The van der Waals surface area contributed by atoms with Gasteiger partial charge in [0.2, 0.25) is 11.8 Å². The molecule has 1 N–H and O–H groups in total. The number of rotatable bonds is 7. The molecule has 6 heteroatoms. The monoisotopic (exact) mass is 342 g/mol. The van der Waals surface area contributed by atoms with Crippen molar-refractivity contribution in [3.63, 3.8) is 0 Å². The van der Waals surface area contributed by atoms with Crippen molar-refractivity contribution in [2.45, 2.75) is 13.5 Å². The van der Waals surface area contributed by atoms with E-state index in [2.05, 4.69) is 5.32 Å². The van der Waals surface area contributed by atoms with E-state index in [4.69, 9.17) is 9.47 Å². The number of carbonyl (C=O) groups excluding carboxylic acids is 2. The SMILES string of the molecule is COc1ccccc1CNC(=O)CN(C(C)=O)c1ccccc1OC. The smallest absolute Gasteiger partial charge is 0.240 e. The van der Waals surface area contributed by atoms with Crippen LogP contribution in [0.5, 0.6) is 11.5 Å². The molecule has 0 spiro atoms. The van der Waals surface area contributed by atoms with Crippen LogP contribution in [0.25, 0.3) is 0 Å². The molecule has 2 amide bonds. The Balaban J connectivity index is 2.07. The number of anilines is 1. The first kappa shape index (κ1) is 18.3. The number of methoxy groups -OCH3 is 2. The van der Waals surface area contributed by atoms with Crippen LogP contribution in [0.4, 0.5) is 5.69 Å². The normalized spacial score (nSPS) is 10.0. The van der Waals surface area contributed by atoms with Crippen LogP contribution in [0.2, 0.25) is 0 Å². The van der Waals surface area contributed by atoms with Crippen LogP contribution in [0, 0.1) is 0 Å². The van der Waals surface area contributed by atoms with Crippen LogP contribution in [0.15, 0.2) is 48.5 Å². The standard InChI is InChI=1S/C19H22N2O4/c1-14(22)21(16-9-5-7-11-18(16)25-3)13-19(23)20-12-15-8-4-6-10-17(15)24-2/h4-11H,12-13H2,1-3H3,(H,20,23). The molecule has 0 saturated carbocycles. The second kappa shape index (κ2) is 8.73. The number of amides is 2. The molecule has 0 heterocycles. The van der Waals surface area contributed by atoms with Gasteiger partial charge in [-0.15, -0.1) is 0 Å². The Morgan fingerprint density at radius 1 is 0.960 bits per heavy atom. The number of para-hydroxylation sites is 3. The first-order valence-corrected chi connectivity index (χ1v) is 7.86. The van der Waals surface area contributed by atoms with E-state index in [9.17, 15) is 9.59 Å². The Morgan fingerprint density at radius 2 is 1.56 bits per heavy atom. The van der Waals surface area contributed by atoms with Crippen LogP contribution in [0.3, 0.4) is 0 Å². The molecule has 0 aliphatic carbocycles. The molecular formula is C19H22N2O4. The minimum Gasteiger partial charge on any atom is -0.496 e. The topological polar surface area (TPSA) is 67.9 Å². The number of hydrogen-bond donors (Lipinski definition) is 1. The molecule has 2 rings (SSSR count). The quantitative estimate of drug-likeness (QED) is 0.839. The third kappa shape index (κ3) is 4.73. The molecule has 0 radical (unpaired) electrons. The van der Waals surface area contributed by atoms with E-state index in [1.54, 1.807) is 25.3 Å². The van der Waals surface area contributed by atoms with Crippen molar-refractivity contribution in [2.24, 2.45) is 0 Å². The highest BCUT2D eigenvalue weighted by Crippen LogP contribution is 2.27. The lowest BCUT2D eigenvalue weighted by molar-refractivity contribution is -0.123. The number of nitrogens with one attached hydrogen (secondary N) is 1. The molecule has 2 aromatic rings. The largest absolute Gasteiger partial charge is 0.496 e. The predicted octanol–water partition coefficient (Wildman–Crippen LogP) is 2.37. The van der Waals surface area contributed by atoms with Gasteiger partial charge in [0.25, 0.3) is 0 Å². The molecule has 2 aromatic carbocycles. The summed E-state index contributed by atoms with van der Waals surface area (Å²) in [6, 6.07) is 14.5. The zero-order chi connectivity index (χ0) is 18.2. The van der Waals surface area contributed by atoms with E-state index in [-0.39, 0.29) is 18.4 Å². The number of carbonyl (C=O) groups is 2. The summed E-state index contributed by atoms with van der Waals surface area (Å²) in [5.41, 5.74) is 1.43. The summed E-state index contributed by atoms with van der Waals surface area (Å²) in [5, 5.41) is 2.81. The van der Waals surface area contributed by atoms with Gasteiger partial charge in [0.15, 0.2) is 0 Å². The summed E-state index contributed by atoms with van der Waals surface area (Å²) in [7, 11) is 3.11. The van der Waals surface area contributed by atoms with Gasteiger partial charge in [0.05, 0.1) is 19.9 Å². The lowest BCUT2D eigenvalue weighted by atomic mass is 10.2. The maximum Gasteiger partial charge on any atom is 0.240 e. The summed E-state index contributed by atoms with van der Waals surface area (Å²) in [6.45, 7) is 1.64. The molecule has 6 nitrogen and oxygen atoms in total. The van der Waals surface area contributed by atoms with Crippen LogP contribution in [0.1, 0.15) is 12.5 Å². The first-order chi connectivity index (χ1) is 12.1. The van der Waals surface area contributed by atoms with Crippen LogP contribution >= 0.6 is 0 Å². The Kier molecular flexibility index (Phi) is 6.39. The van der Waals surface area contributed by atoms with Crippen LogP contribution in [-0.4, -0.2) is 32.6 Å². The average Bonchev–Trinajstić information content (AvgIpc) is 2.64. The lowest BCUT2D eigenvalue weighted by Gasteiger charge is -2.22. The number of nitrogens with zero attached hydrogens (tertiary/aromatic N) is 1. The summed E-state index contributed by atoms with van der Waals surface area (Å²) in [6.07, 6.45) is 0. The van der Waals surface area contributed by atoms with Crippen molar-refractivity contribution in [3.05, 3.63) is 54.1 Å². The Hall–Kier alpha value is -3.02. The fourth-order valence-corrected chi connectivity index (χ4v) is 2.46. The summed E-state index contributed by atoms with van der Waals surface area (Å²) in [4.78, 5) is 25.7.